The number of barbiturate groups is 1. The van der Waals surface area contributed by atoms with Gasteiger partial charge in [0.2, 0.25) is 0 Å². The van der Waals surface area contributed by atoms with E-state index in [0.29, 0.717) is 17.1 Å². The van der Waals surface area contributed by atoms with Crippen LogP contribution < -0.4 is 15.0 Å². The predicted molar refractivity (Wildman–Crippen MR) is 125 cm³/mol. The fourth-order valence-electron chi connectivity index (χ4n) is 3.84. The van der Waals surface area contributed by atoms with Crippen LogP contribution in [0.1, 0.15) is 5.69 Å². The van der Waals surface area contributed by atoms with Crippen molar-refractivity contribution >= 4 is 40.4 Å². The molecule has 7 heteroatoms. The first-order valence-corrected chi connectivity index (χ1v) is 10.3. The topological polar surface area (TPSA) is 80.6 Å². The number of hydrogen-bond acceptors (Lipinski definition) is 4. The van der Waals surface area contributed by atoms with E-state index in [1.54, 1.807) is 30.3 Å². The van der Waals surface area contributed by atoms with E-state index in [0.717, 1.165) is 21.4 Å². The molecule has 0 aliphatic carbocycles. The number of urea groups is 1. The quantitative estimate of drug-likeness (QED) is 0.381. The van der Waals surface area contributed by atoms with Crippen molar-refractivity contribution in [3.63, 3.8) is 0 Å². The number of hydrogen-bond donors (Lipinski definition) is 1. The molecule has 0 saturated carbocycles. The number of nitrogens with zero attached hydrogens (tertiary/aromatic N) is 2. The lowest BCUT2D eigenvalue weighted by atomic mass is 10.1. The van der Waals surface area contributed by atoms with Gasteiger partial charge in [-0.25, -0.2) is 9.69 Å². The van der Waals surface area contributed by atoms with Gasteiger partial charge in [-0.3, -0.25) is 14.9 Å². The van der Waals surface area contributed by atoms with Crippen LogP contribution in [0.4, 0.5) is 10.5 Å². The van der Waals surface area contributed by atoms with Crippen molar-refractivity contribution in [2.24, 2.45) is 0 Å². The second kappa shape index (κ2) is 8.12. The third-order valence-corrected chi connectivity index (χ3v) is 5.52. The van der Waals surface area contributed by atoms with Crippen molar-refractivity contribution in [1.82, 2.24) is 9.88 Å². The number of fused-ring (bicyclic) bond motifs is 1. The van der Waals surface area contributed by atoms with E-state index >= 15 is 0 Å². The summed E-state index contributed by atoms with van der Waals surface area (Å²) in [7, 11) is 1.53. The van der Waals surface area contributed by atoms with Gasteiger partial charge < -0.3 is 9.30 Å². The Morgan fingerprint density at radius 1 is 0.818 bits per heavy atom. The molecule has 7 nitrogen and oxygen atoms in total. The number of ether oxygens (including phenoxy) is 1. The molecule has 1 saturated heterocycles. The average Bonchev–Trinajstić information content (AvgIpc) is 3.30. The zero-order valence-electron chi connectivity index (χ0n) is 17.7. The van der Waals surface area contributed by atoms with Gasteiger partial charge in [0.05, 0.1) is 12.8 Å². The third-order valence-electron chi connectivity index (χ3n) is 5.52. The highest BCUT2D eigenvalue weighted by molar-refractivity contribution is 6.39. The van der Waals surface area contributed by atoms with Crippen LogP contribution in [0.3, 0.4) is 0 Å². The second-order valence-corrected chi connectivity index (χ2v) is 7.49. The number of carbonyl (C=O) groups excluding carboxylic acids is 3. The number of anilines is 1. The summed E-state index contributed by atoms with van der Waals surface area (Å²) in [5.74, 6) is -0.843. The van der Waals surface area contributed by atoms with Crippen LogP contribution in [0, 0.1) is 0 Å². The molecule has 3 aromatic carbocycles. The second-order valence-electron chi connectivity index (χ2n) is 7.49. The van der Waals surface area contributed by atoms with Crippen molar-refractivity contribution in [2.45, 2.75) is 0 Å². The Labute approximate surface area is 189 Å². The molecular formula is C26H19N3O4. The van der Waals surface area contributed by atoms with Gasteiger partial charge in [0.25, 0.3) is 11.8 Å². The number of carbonyl (C=O) groups is 3. The third kappa shape index (κ3) is 3.65. The standard InChI is InChI=1S/C26H19N3O4/c1-33-22-12-10-19(11-13-22)29-25(31)23(24(30)27-26(29)32)16-20-7-4-14-28(20)21-9-8-17-5-2-3-6-18(17)15-21/h2-16H,1H3,(H,27,30,32)/b23-16+. The number of aromatic nitrogens is 1. The molecule has 33 heavy (non-hydrogen) atoms. The summed E-state index contributed by atoms with van der Waals surface area (Å²) in [6.07, 6.45) is 3.35. The lowest BCUT2D eigenvalue weighted by molar-refractivity contribution is -0.122. The van der Waals surface area contributed by atoms with Crippen LogP contribution in [-0.4, -0.2) is 29.5 Å². The minimum absolute atomic E-state index is 0.133. The van der Waals surface area contributed by atoms with Gasteiger partial charge in [-0.1, -0.05) is 30.3 Å². The van der Waals surface area contributed by atoms with Gasteiger partial charge in [-0.2, -0.15) is 0 Å². The molecule has 0 atom stereocenters. The van der Waals surface area contributed by atoms with Crippen LogP contribution >= 0.6 is 0 Å². The Hall–Kier alpha value is -4.65. The fourth-order valence-corrected chi connectivity index (χ4v) is 3.84. The molecule has 1 aromatic heterocycles. The normalized spacial score (nSPS) is 15.2. The van der Waals surface area contributed by atoms with Gasteiger partial charge in [-0.15, -0.1) is 0 Å². The molecular weight excluding hydrogens is 418 g/mol. The number of methoxy groups -OCH3 is 1. The molecule has 1 aliphatic rings. The minimum Gasteiger partial charge on any atom is -0.497 e. The van der Waals surface area contributed by atoms with E-state index in [1.807, 2.05) is 59.3 Å². The Balaban J connectivity index is 1.53. The van der Waals surface area contributed by atoms with Gasteiger partial charge in [-0.05, 0) is 65.4 Å². The van der Waals surface area contributed by atoms with E-state index < -0.39 is 17.8 Å². The molecule has 4 aromatic rings. The summed E-state index contributed by atoms with van der Waals surface area (Å²) in [5, 5.41) is 4.44. The zero-order valence-corrected chi connectivity index (χ0v) is 17.7. The highest BCUT2D eigenvalue weighted by Crippen LogP contribution is 2.26. The van der Waals surface area contributed by atoms with Crippen LogP contribution in [0.25, 0.3) is 22.5 Å². The van der Waals surface area contributed by atoms with Crippen molar-refractivity contribution in [2.75, 3.05) is 12.0 Å². The molecule has 4 amide bonds. The van der Waals surface area contributed by atoms with Crippen molar-refractivity contribution in [3.05, 3.63) is 96.3 Å². The average molecular weight is 437 g/mol. The summed E-state index contributed by atoms with van der Waals surface area (Å²) < 4.78 is 7.01. The number of rotatable bonds is 4. The van der Waals surface area contributed by atoms with E-state index in [9.17, 15) is 14.4 Å². The van der Waals surface area contributed by atoms with E-state index in [4.69, 9.17) is 4.74 Å². The number of imide groups is 2. The number of nitrogens with one attached hydrogen (secondary N) is 1. The van der Waals surface area contributed by atoms with Crippen molar-refractivity contribution < 1.29 is 19.1 Å². The Bertz CT molecular complexity index is 1430. The summed E-state index contributed by atoms with van der Waals surface area (Å²) >= 11 is 0. The maximum Gasteiger partial charge on any atom is 0.335 e. The molecule has 0 spiro atoms. The van der Waals surface area contributed by atoms with E-state index in [1.165, 1.54) is 13.2 Å². The molecule has 2 heterocycles. The Morgan fingerprint density at radius 2 is 1.55 bits per heavy atom. The number of amides is 4. The maximum absolute atomic E-state index is 13.2. The van der Waals surface area contributed by atoms with Crippen LogP contribution in [0.5, 0.6) is 5.75 Å². The Morgan fingerprint density at radius 3 is 2.30 bits per heavy atom. The van der Waals surface area contributed by atoms with Gasteiger partial charge in [0.15, 0.2) is 0 Å². The molecule has 5 rings (SSSR count). The number of benzene rings is 3. The molecule has 0 radical (unpaired) electrons. The lowest BCUT2D eigenvalue weighted by Gasteiger charge is -2.26. The predicted octanol–water partition coefficient (Wildman–Crippen LogP) is 4.31. The highest BCUT2D eigenvalue weighted by atomic mass is 16.5. The molecule has 1 N–H and O–H groups in total. The summed E-state index contributed by atoms with van der Waals surface area (Å²) in [6.45, 7) is 0. The fraction of sp³-hybridized carbons (Fsp3) is 0.0385. The maximum atomic E-state index is 13.2. The Kier molecular flexibility index (Phi) is 4.99. The SMILES string of the molecule is COc1ccc(N2C(=O)NC(=O)/C(=C\c3cccn3-c3ccc4ccccc4c3)C2=O)cc1. The van der Waals surface area contributed by atoms with Crippen LogP contribution in [-0.2, 0) is 9.59 Å². The van der Waals surface area contributed by atoms with Gasteiger partial charge in [0, 0.05) is 17.6 Å². The molecule has 162 valence electrons. The highest BCUT2D eigenvalue weighted by Gasteiger charge is 2.37. The summed E-state index contributed by atoms with van der Waals surface area (Å²) in [5.41, 5.74) is 1.72. The minimum atomic E-state index is -0.794. The first-order valence-electron chi connectivity index (χ1n) is 10.3. The zero-order chi connectivity index (χ0) is 22.9. The summed E-state index contributed by atoms with van der Waals surface area (Å²) in [4.78, 5) is 39.1. The molecule has 1 aliphatic heterocycles. The molecule has 1 fully saturated rings. The lowest BCUT2D eigenvalue weighted by Crippen LogP contribution is -2.54. The first-order chi connectivity index (χ1) is 16.0. The molecule has 0 unspecified atom stereocenters. The van der Waals surface area contributed by atoms with Gasteiger partial charge >= 0.3 is 6.03 Å². The molecule has 0 bridgehead atoms. The van der Waals surface area contributed by atoms with Crippen molar-refractivity contribution in [3.8, 4) is 11.4 Å². The van der Waals surface area contributed by atoms with Crippen LogP contribution in [0.15, 0.2) is 90.6 Å². The smallest absolute Gasteiger partial charge is 0.335 e. The van der Waals surface area contributed by atoms with Crippen molar-refractivity contribution in [1.29, 1.82) is 0 Å². The van der Waals surface area contributed by atoms with Crippen LogP contribution in [0.2, 0.25) is 0 Å². The first kappa shape index (κ1) is 20.3. The largest absolute Gasteiger partial charge is 0.497 e. The van der Waals surface area contributed by atoms with E-state index in [-0.39, 0.29) is 5.57 Å². The van der Waals surface area contributed by atoms with E-state index in [2.05, 4.69) is 5.32 Å². The summed E-state index contributed by atoms with van der Waals surface area (Å²) in [6, 6.07) is 23.3. The monoisotopic (exact) mass is 437 g/mol. The van der Waals surface area contributed by atoms with Gasteiger partial charge in [0.1, 0.15) is 11.3 Å².